The Morgan fingerprint density at radius 1 is 1.47 bits per heavy atom. The number of fused-ring (bicyclic) bond motifs is 1. The summed E-state index contributed by atoms with van der Waals surface area (Å²) < 4.78 is 0. The van der Waals surface area contributed by atoms with Gasteiger partial charge in [0.1, 0.15) is 0 Å². The van der Waals surface area contributed by atoms with Crippen LogP contribution >= 0.6 is 11.6 Å². The van der Waals surface area contributed by atoms with Crippen LogP contribution in [0, 0.1) is 0 Å². The lowest BCUT2D eigenvalue weighted by molar-refractivity contribution is -0.131. The van der Waals surface area contributed by atoms with Gasteiger partial charge in [0, 0.05) is 28.7 Å². The average molecular weight is 223 g/mol. The first-order valence-corrected chi connectivity index (χ1v) is 4.72. The van der Waals surface area contributed by atoms with Gasteiger partial charge in [-0.15, -0.1) is 0 Å². The van der Waals surface area contributed by atoms with Gasteiger partial charge >= 0.3 is 5.97 Å². The standard InChI is InChI=1S/C11H7ClO3/c12-8-1-2-9-6(4-8)3-7(11(9)15)5-10(13)14/h1-2,4-5H,3H2,(H,13,14)/b7-5-. The second kappa shape index (κ2) is 3.51. The van der Waals surface area contributed by atoms with Gasteiger partial charge in [0.05, 0.1) is 0 Å². The Hall–Kier alpha value is -1.61. The van der Waals surface area contributed by atoms with Gasteiger partial charge < -0.3 is 5.11 Å². The van der Waals surface area contributed by atoms with Crippen LogP contribution in [-0.4, -0.2) is 16.9 Å². The molecule has 0 radical (unpaired) electrons. The highest BCUT2D eigenvalue weighted by molar-refractivity contribution is 6.31. The molecule has 76 valence electrons. The number of rotatable bonds is 1. The van der Waals surface area contributed by atoms with Crippen LogP contribution < -0.4 is 0 Å². The number of carbonyl (C=O) groups is 2. The van der Waals surface area contributed by atoms with Gasteiger partial charge in [0.2, 0.25) is 0 Å². The van der Waals surface area contributed by atoms with E-state index in [0.717, 1.165) is 11.6 Å². The quantitative estimate of drug-likeness (QED) is 0.741. The molecule has 0 spiro atoms. The Bertz CT molecular complexity index is 489. The summed E-state index contributed by atoms with van der Waals surface area (Å²) in [6.45, 7) is 0. The van der Waals surface area contributed by atoms with E-state index in [1.54, 1.807) is 18.2 Å². The van der Waals surface area contributed by atoms with E-state index >= 15 is 0 Å². The minimum atomic E-state index is -1.10. The molecule has 1 aromatic rings. The maximum Gasteiger partial charge on any atom is 0.328 e. The molecule has 0 aromatic heterocycles. The van der Waals surface area contributed by atoms with Crippen molar-refractivity contribution >= 4 is 23.4 Å². The number of carboxylic acid groups (broad SMARTS) is 1. The molecular weight excluding hydrogens is 216 g/mol. The fraction of sp³-hybridized carbons (Fsp3) is 0.0909. The molecule has 0 unspecified atom stereocenters. The van der Waals surface area contributed by atoms with E-state index in [4.69, 9.17) is 16.7 Å². The van der Waals surface area contributed by atoms with Crippen LogP contribution in [0.15, 0.2) is 29.8 Å². The predicted molar refractivity (Wildman–Crippen MR) is 55.2 cm³/mol. The molecule has 1 N–H and O–H groups in total. The van der Waals surface area contributed by atoms with Crippen LogP contribution in [0.5, 0.6) is 0 Å². The zero-order valence-electron chi connectivity index (χ0n) is 7.66. The highest BCUT2D eigenvalue weighted by atomic mass is 35.5. The molecule has 0 bridgehead atoms. The number of allylic oxidation sites excluding steroid dienone is 1. The maximum atomic E-state index is 11.7. The Morgan fingerprint density at radius 3 is 2.87 bits per heavy atom. The zero-order chi connectivity index (χ0) is 11.0. The van der Waals surface area contributed by atoms with E-state index in [9.17, 15) is 9.59 Å². The summed E-state index contributed by atoms with van der Waals surface area (Å²) in [4.78, 5) is 22.1. The first-order chi connectivity index (χ1) is 7.08. The normalized spacial score (nSPS) is 16.9. The number of Topliss-reactive ketones (excluding diaryl/α,β-unsaturated/α-hetero) is 1. The van der Waals surface area contributed by atoms with Crippen LogP contribution in [0.3, 0.4) is 0 Å². The van der Waals surface area contributed by atoms with Gasteiger partial charge in [-0.25, -0.2) is 4.79 Å². The molecule has 0 saturated heterocycles. The van der Waals surface area contributed by atoms with E-state index in [-0.39, 0.29) is 5.78 Å². The fourth-order valence-corrected chi connectivity index (χ4v) is 1.85. The molecule has 1 aliphatic rings. The molecule has 0 saturated carbocycles. The van der Waals surface area contributed by atoms with Crippen molar-refractivity contribution in [2.45, 2.75) is 6.42 Å². The maximum absolute atomic E-state index is 11.7. The molecule has 15 heavy (non-hydrogen) atoms. The van der Waals surface area contributed by atoms with Gasteiger partial charge in [-0.1, -0.05) is 11.6 Å². The van der Waals surface area contributed by atoms with Crippen molar-refractivity contribution in [1.82, 2.24) is 0 Å². The Morgan fingerprint density at radius 2 is 2.20 bits per heavy atom. The Labute approximate surface area is 91.0 Å². The van der Waals surface area contributed by atoms with Gasteiger partial charge in [0.15, 0.2) is 5.78 Å². The van der Waals surface area contributed by atoms with Crippen molar-refractivity contribution in [2.24, 2.45) is 0 Å². The molecule has 4 heteroatoms. The number of halogens is 1. The minimum absolute atomic E-state index is 0.218. The van der Waals surface area contributed by atoms with Gasteiger partial charge in [-0.05, 0) is 23.8 Å². The van der Waals surface area contributed by atoms with E-state index < -0.39 is 5.97 Å². The van der Waals surface area contributed by atoms with Crippen LogP contribution in [0.1, 0.15) is 15.9 Å². The van der Waals surface area contributed by atoms with Crippen molar-refractivity contribution < 1.29 is 14.7 Å². The molecule has 0 heterocycles. The molecule has 1 aliphatic carbocycles. The molecule has 0 atom stereocenters. The third kappa shape index (κ3) is 1.78. The van der Waals surface area contributed by atoms with Crippen LogP contribution in [0.4, 0.5) is 0 Å². The molecule has 3 nitrogen and oxygen atoms in total. The smallest absolute Gasteiger partial charge is 0.328 e. The summed E-state index contributed by atoms with van der Waals surface area (Å²) >= 11 is 5.78. The van der Waals surface area contributed by atoms with Crippen LogP contribution in [0.2, 0.25) is 5.02 Å². The molecule has 2 rings (SSSR count). The lowest BCUT2D eigenvalue weighted by Crippen LogP contribution is -1.99. The van der Waals surface area contributed by atoms with Crippen LogP contribution in [-0.2, 0) is 11.2 Å². The largest absolute Gasteiger partial charge is 0.478 e. The number of carboxylic acids is 1. The molecule has 1 aromatic carbocycles. The van der Waals surface area contributed by atoms with E-state index in [2.05, 4.69) is 0 Å². The highest BCUT2D eigenvalue weighted by Crippen LogP contribution is 2.28. The van der Waals surface area contributed by atoms with Gasteiger partial charge in [-0.2, -0.15) is 0 Å². The number of benzene rings is 1. The lowest BCUT2D eigenvalue weighted by atomic mass is 10.1. The van der Waals surface area contributed by atoms with E-state index in [1.165, 1.54) is 0 Å². The van der Waals surface area contributed by atoms with Crippen molar-refractivity contribution in [3.05, 3.63) is 46.0 Å². The van der Waals surface area contributed by atoms with Crippen molar-refractivity contribution in [3.8, 4) is 0 Å². The van der Waals surface area contributed by atoms with Crippen molar-refractivity contribution in [3.63, 3.8) is 0 Å². The monoisotopic (exact) mass is 222 g/mol. The number of hydrogen-bond acceptors (Lipinski definition) is 2. The first-order valence-electron chi connectivity index (χ1n) is 4.34. The summed E-state index contributed by atoms with van der Waals surface area (Å²) in [5, 5.41) is 9.12. The average Bonchev–Trinajstić information content (AvgIpc) is 2.42. The SMILES string of the molecule is O=C(O)/C=C1/Cc2cc(Cl)ccc2C1=O. The first kappa shape index (κ1) is 9.93. The number of ketones is 1. The van der Waals surface area contributed by atoms with E-state index in [0.29, 0.717) is 22.6 Å². The summed E-state index contributed by atoms with van der Waals surface area (Å²) in [5.74, 6) is -1.32. The zero-order valence-corrected chi connectivity index (χ0v) is 8.41. The number of carbonyl (C=O) groups excluding carboxylic acids is 1. The Balaban J connectivity index is 2.46. The molecule has 0 aliphatic heterocycles. The summed E-state index contributed by atoms with van der Waals surface area (Å²) in [7, 11) is 0. The second-order valence-electron chi connectivity index (χ2n) is 3.32. The number of hydrogen-bond donors (Lipinski definition) is 1. The molecule has 0 amide bonds. The Kier molecular flexibility index (Phi) is 2.32. The van der Waals surface area contributed by atoms with Gasteiger partial charge in [0.25, 0.3) is 0 Å². The predicted octanol–water partition coefficient (Wildman–Crippen LogP) is 2.09. The highest BCUT2D eigenvalue weighted by Gasteiger charge is 2.25. The summed E-state index contributed by atoms with van der Waals surface area (Å²) in [6.07, 6.45) is 1.30. The summed E-state index contributed by atoms with van der Waals surface area (Å²) in [5.41, 5.74) is 1.65. The number of aliphatic carboxylic acids is 1. The molecule has 0 fully saturated rings. The third-order valence-electron chi connectivity index (χ3n) is 2.28. The lowest BCUT2D eigenvalue weighted by Gasteiger charge is -1.95. The third-order valence-corrected chi connectivity index (χ3v) is 2.52. The topological polar surface area (TPSA) is 54.4 Å². The summed E-state index contributed by atoms with van der Waals surface area (Å²) in [6, 6.07) is 4.95. The molecular formula is C11H7ClO3. The fourth-order valence-electron chi connectivity index (χ4n) is 1.65. The second-order valence-corrected chi connectivity index (χ2v) is 3.75. The van der Waals surface area contributed by atoms with Gasteiger partial charge in [-0.3, -0.25) is 4.79 Å². The van der Waals surface area contributed by atoms with E-state index in [1.807, 2.05) is 0 Å². The van der Waals surface area contributed by atoms with Crippen LogP contribution in [0.25, 0.3) is 0 Å². The van der Waals surface area contributed by atoms with Crippen molar-refractivity contribution in [1.29, 1.82) is 0 Å². The van der Waals surface area contributed by atoms with Crippen molar-refractivity contribution in [2.75, 3.05) is 0 Å². The minimum Gasteiger partial charge on any atom is -0.478 e.